The Morgan fingerprint density at radius 1 is 1.53 bits per heavy atom. The van der Waals surface area contributed by atoms with Gasteiger partial charge in [0.25, 0.3) is 0 Å². The molecule has 0 radical (unpaired) electrons. The number of aryl methyl sites for hydroxylation is 1. The van der Waals surface area contributed by atoms with Crippen LogP contribution in [-0.4, -0.2) is 20.9 Å². The van der Waals surface area contributed by atoms with E-state index in [0.717, 1.165) is 24.8 Å². The Kier molecular flexibility index (Phi) is 4.73. The third-order valence-corrected chi connectivity index (χ3v) is 3.44. The highest BCUT2D eigenvalue weighted by molar-refractivity contribution is 5.75. The highest BCUT2D eigenvalue weighted by Gasteiger charge is 2.36. The molecule has 0 bridgehead atoms. The van der Waals surface area contributed by atoms with E-state index in [1.54, 1.807) is 10.9 Å². The van der Waals surface area contributed by atoms with Crippen LogP contribution in [0.3, 0.4) is 0 Å². The molecule has 0 spiro atoms. The van der Waals surface area contributed by atoms with Gasteiger partial charge in [-0.1, -0.05) is 26.7 Å². The fourth-order valence-electron chi connectivity index (χ4n) is 2.19. The van der Waals surface area contributed by atoms with Crippen LogP contribution in [0.4, 0.5) is 0 Å². The Morgan fingerprint density at radius 2 is 2.24 bits per heavy atom. The van der Waals surface area contributed by atoms with E-state index in [2.05, 4.69) is 12.0 Å². The highest BCUT2D eigenvalue weighted by atomic mass is 16.4. The van der Waals surface area contributed by atoms with Gasteiger partial charge in [-0.2, -0.15) is 5.10 Å². The minimum absolute atomic E-state index is 0.576. The van der Waals surface area contributed by atoms with Crippen molar-refractivity contribution in [3.8, 4) is 0 Å². The number of carboxylic acids is 1. The fraction of sp³-hybridized carbons (Fsp3) is 0.692. The van der Waals surface area contributed by atoms with Crippen LogP contribution in [0, 0.1) is 5.41 Å². The number of unbranched alkanes of at least 4 members (excludes halogenated alkanes) is 1. The molecule has 4 heteroatoms. The molecule has 0 aliphatic heterocycles. The average Bonchev–Trinajstić information content (AvgIpc) is 2.69. The Labute approximate surface area is 103 Å². The first-order valence-electron chi connectivity index (χ1n) is 6.25. The molecule has 0 amide bonds. The lowest BCUT2D eigenvalue weighted by Gasteiger charge is -2.27. The number of rotatable bonds is 7. The maximum absolute atomic E-state index is 11.5. The van der Waals surface area contributed by atoms with Gasteiger partial charge in [-0.05, 0) is 24.8 Å². The molecule has 0 aliphatic carbocycles. The van der Waals surface area contributed by atoms with E-state index < -0.39 is 11.4 Å². The van der Waals surface area contributed by atoms with E-state index in [9.17, 15) is 9.90 Å². The van der Waals surface area contributed by atoms with E-state index >= 15 is 0 Å². The Morgan fingerprint density at radius 3 is 2.65 bits per heavy atom. The van der Waals surface area contributed by atoms with Gasteiger partial charge >= 0.3 is 5.97 Å². The summed E-state index contributed by atoms with van der Waals surface area (Å²) in [4.78, 5) is 11.5. The summed E-state index contributed by atoms with van der Waals surface area (Å²) in [7, 11) is 1.85. The molecule has 1 aromatic rings. The molecule has 1 N–H and O–H groups in total. The van der Waals surface area contributed by atoms with Gasteiger partial charge in [0.15, 0.2) is 0 Å². The molecule has 0 aliphatic rings. The molecule has 1 unspecified atom stereocenters. The Balaban J connectivity index is 2.85. The molecule has 4 nitrogen and oxygen atoms in total. The van der Waals surface area contributed by atoms with E-state index in [1.165, 1.54) is 0 Å². The van der Waals surface area contributed by atoms with Crippen molar-refractivity contribution < 1.29 is 9.90 Å². The van der Waals surface area contributed by atoms with Crippen molar-refractivity contribution >= 4 is 5.97 Å². The van der Waals surface area contributed by atoms with Crippen LogP contribution in [0.15, 0.2) is 12.4 Å². The van der Waals surface area contributed by atoms with Crippen molar-refractivity contribution in [3.05, 3.63) is 18.0 Å². The summed E-state index contributed by atoms with van der Waals surface area (Å²) < 4.78 is 1.72. The van der Waals surface area contributed by atoms with Crippen LogP contribution < -0.4 is 0 Å². The topological polar surface area (TPSA) is 55.1 Å². The van der Waals surface area contributed by atoms with E-state index in [0.29, 0.717) is 12.8 Å². The average molecular weight is 238 g/mol. The number of carbonyl (C=O) groups is 1. The second kappa shape index (κ2) is 5.84. The zero-order valence-electron chi connectivity index (χ0n) is 10.9. The lowest BCUT2D eigenvalue weighted by molar-refractivity contribution is -0.149. The van der Waals surface area contributed by atoms with Crippen LogP contribution in [-0.2, 0) is 18.3 Å². The molecule has 17 heavy (non-hydrogen) atoms. The van der Waals surface area contributed by atoms with E-state index in [4.69, 9.17) is 0 Å². The molecule has 0 saturated heterocycles. The van der Waals surface area contributed by atoms with Crippen molar-refractivity contribution in [2.24, 2.45) is 12.5 Å². The molecule has 0 saturated carbocycles. The minimum atomic E-state index is -0.683. The highest BCUT2D eigenvalue weighted by Crippen LogP contribution is 2.33. The summed E-state index contributed by atoms with van der Waals surface area (Å²) in [6.07, 6.45) is 7.63. The van der Waals surface area contributed by atoms with Crippen LogP contribution in [0.1, 0.15) is 45.1 Å². The van der Waals surface area contributed by atoms with Gasteiger partial charge in [-0.3, -0.25) is 9.48 Å². The minimum Gasteiger partial charge on any atom is -0.481 e. The number of aliphatic carboxylic acids is 1. The van der Waals surface area contributed by atoms with Gasteiger partial charge in [-0.25, -0.2) is 0 Å². The van der Waals surface area contributed by atoms with Gasteiger partial charge in [-0.15, -0.1) is 0 Å². The third-order valence-electron chi connectivity index (χ3n) is 3.44. The van der Waals surface area contributed by atoms with Crippen LogP contribution in [0.2, 0.25) is 0 Å². The Hall–Kier alpha value is -1.32. The molecule has 96 valence electrons. The molecule has 0 aromatic carbocycles. The first-order valence-corrected chi connectivity index (χ1v) is 6.25. The first-order chi connectivity index (χ1) is 8.04. The molecule has 1 atom stereocenters. The predicted molar refractivity (Wildman–Crippen MR) is 66.8 cm³/mol. The van der Waals surface area contributed by atoms with Gasteiger partial charge in [0, 0.05) is 13.2 Å². The van der Waals surface area contributed by atoms with E-state index in [-0.39, 0.29) is 0 Å². The van der Waals surface area contributed by atoms with Gasteiger partial charge in [0.1, 0.15) is 0 Å². The smallest absolute Gasteiger partial charge is 0.309 e. The van der Waals surface area contributed by atoms with Crippen molar-refractivity contribution in [1.82, 2.24) is 9.78 Å². The third kappa shape index (κ3) is 3.32. The summed E-state index contributed by atoms with van der Waals surface area (Å²) in [6, 6.07) is 0. The molecule has 1 heterocycles. The second-order valence-corrected chi connectivity index (χ2v) is 4.74. The monoisotopic (exact) mass is 238 g/mol. The predicted octanol–water partition coefficient (Wildman–Crippen LogP) is 2.63. The normalized spacial score (nSPS) is 14.5. The Bertz CT molecular complexity index is 373. The standard InChI is InChI=1S/C13H22N2O2/c1-4-6-7-13(5-2,12(16)17)8-11-9-14-15(3)10-11/h9-10H,4-8H2,1-3H3,(H,16,17). The number of nitrogens with zero attached hydrogens (tertiary/aromatic N) is 2. The number of hydrogen-bond donors (Lipinski definition) is 1. The molecule has 0 fully saturated rings. The summed E-state index contributed by atoms with van der Waals surface area (Å²) in [5.74, 6) is -0.683. The van der Waals surface area contributed by atoms with Crippen LogP contribution in [0.25, 0.3) is 0 Å². The summed E-state index contributed by atoms with van der Waals surface area (Å²) in [5, 5.41) is 13.6. The summed E-state index contributed by atoms with van der Waals surface area (Å²) in [6.45, 7) is 4.05. The molecule has 1 aromatic heterocycles. The van der Waals surface area contributed by atoms with E-state index in [1.807, 2.05) is 20.2 Å². The maximum atomic E-state index is 11.5. The van der Waals surface area contributed by atoms with Gasteiger partial charge in [0.05, 0.1) is 11.6 Å². The number of carboxylic acid groups (broad SMARTS) is 1. The largest absolute Gasteiger partial charge is 0.481 e. The quantitative estimate of drug-likeness (QED) is 0.794. The molecular formula is C13H22N2O2. The lowest BCUT2D eigenvalue weighted by Crippen LogP contribution is -2.32. The number of hydrogen-bond acceptors (Lipinski definition) is 2. The molecule has 1 rings (SSSR count). The molecular weight excluding hydrogens is 216 g/mol. The van der Waals surface area contributed by atoms with Crippen LogP contribution >= 0.6 is 0 Å². The maximum Gasteiger partial charge on any atom is 0.309 e. The van der Waals surface area contributed by atoms with Crippen LogP contribution in [0.5, 0.6) is 0 Å². The fourth-order valence-corrected chi connectivity index (χ4v) is 2.19. The van der Waals surface area contributed by atoms with Gasteiger partial charge in [0.2, 0.25) is 0 Å². The summed E-state index contributed by atoms with van der Waals surface area (Å²) >= 11 is 0. The summed E-state index contributed by atoms with van der Waals surface area (Å²) in [5.41, 5.74) is 0.381. The van der Waals surface area contributed by atoms with Crippen molar-refractivity contribution in [2.75, 3.05) is 0 Å². The zero-order valence-corrected chi connectivity index (χ0v) is 10.9. The SMILES string of the molecule is CCCCC(CC)(Cc1cnn(C)c1)C(=O)O. The van der Waals surface area contributed by atoms with Crippen molar-refractivity contribution in [3.63, 3.8) is 0 Å². The first kappa shape index (κ1) is 13.7. The van der Waals surface area contributed by atoms with Crippen molar-refractivity contribution in [2.45, 2.75) is 46.0 Å². The zero-order chi connectivity index (χ0) is 12.9. The number of aromatic nitrogens is 2. The lowest BCUT2D eigenvalue weighted by atomic mass is 9.76. The van der Waals surface area contributed by atoms with Gasteiger partial charge < -0.3 is 5.11 Å². The van der Waals surface area contributed by atoms with Crippen molar-refractivity contribution in [1.29, 1.82) is 0 Å². The second-order valence-electron chi connectivity index (χ2n) is 4.74.